The zero-order valence-electron chi connectivity index (χ0n) is 12.1. The molecule has 7 nitrogen and oxygen atoms in total. The fraction of sp³-hybridized carbons (Fsp3) is 0.0714. The van der Waals surface area contributed by atoms with Gasteiger partial charge in [-0.2, -0.15) is 0 Å². The first-order valence-corrected chi connectivity index (χ1v) is 8.77. The zero-order chi connectivity index (χ0) is 17.6. The topological polar surface area (TPSA) is 95.1 Å². The first kappa shape index (κ1) is 16.7. The Bertz CT molecular complexity index is 1080. The Labute approximate surface area is 146 Å². The summed E-state index contributed by atoms with van der Waals surface area (Å²) in [6.45, 7) is 1.44. The number of nitro benzene ring substituents is 1. The maximum atomic E-state index is 12.9. The second kappa shape index (κ2) is 5.73. The summed E-state index contributed by atoms with van der Waals surface area (Å²) in [7, 11) is -4.00. The predicted molar refractivity (Wildman–Crippen MR) is 90.2 cm³/mol. The molecule has 3 aromatic rings. The highest BCUT2D eigenvalue weighted by Crippen LogP contribution is 2.39. The average Bonchev–Trinajstić information content (AvgIpc) is 2.84. The third-order valence-corrected chi connectivity index (χ3v) is 5.99. The Morgan fingerprint density at radius 1 is 1.21 bits per heavy atom. The Morgan fingerprint density at radius 3 is 2.42 bits per heavy atom. The molecule has 0 aliphatic carbocycles. The van der Waals surface area contributed by atoms with Crippen LogP contribution in [0.3, 0.4) is 0 Å². The maximum Gasteiger partial charge on any atom is 0.317 e. The molecule has 0 amide bonds. The van der Waals surface area contributed by atoms with E-state index in [4.69, 9.17) is 23.2 Å². The van der Waals surface area contributed by atoms with Crippen LogP contribution in [0, 0.1) is 17.0 Å². The Hall–Kier alpha value is -2.16. The molecule has 3 rings (SSSR count). The van der Waals surface area contributed by atoms with Gasteiger partial charge in [0.15, 0.2) is 5.52 Å². The molecule has 0 unspecified atom stereocenters. The van der Waals surface area contributed by atoms with E-state index in [0.29, 0.717) is 0 Å². The van der Waals surface area contributed by atoms with Crippen molar-refractivity contribution in [3.05, 3.63) is 62.4 Å². The molecule has 0 spiro atoms. The van der Waals surface area contributed by atoms with Crippen LogP contribution < -0.4 is 0 Å². The number of nitro groups is 1. The van der Waals surface area contributed by atoms with Crippen molar-refractivity contribution < 1.29 is 13.3 Å². The summed E-state index contributed by atoms with van der Waals surface area (Å²) < 4.78 is 26.7. The summed E-state index contributed by atoms with van der Waals surface area (Å²) in [6.07, 6.45) is 0. The molecule has 1 heterocycles. The minimum atomic E-state index is -4.00. The fourth-order valence-electron chi connectivity index (χ4n) is 2.40. The molecule has 10 heteroatoms. The van der Waals surface area contributed by atoms with Crippen LogP contribution >= 0.6 is 23.2 Å². The van der Waals surface area contributed by atoms with Gasteiger partial charge in [-0.15, -0.1) is 0 Å². The van der Waals surface area contributed by atoms with Gasteiger partial charge < -0.3 is 0 Å². The lowest BCUT2D eigenvalue weighted by atomic mass is 10.2. The monoisotopic (exact) mass is 385 g/mol. The SMILES string of the molecule is Cc1nc2c([N+](=O)[O-])c(Cl)c(Cl)cc2n1S(=O)(=O)c1ccccc1. The number of hydrogen-bond donors (Lipinski definition) is 0. The third kappa shape index (κ3) is 2.43. The molecule has 1 aromatic heterocycles. The first-order valence-electron chi connectivity index (χ1n) is 6.57. The number of rotatable bonds is 3. The lowest BCUT2D eigenvalue weighted by Gasteiger charge is -2.09. The molecule has 24 heavy (non-hydrogen) atoms. The molecule has 0 atom stereocenters. The molecule has 0 fully saturated rings. The van der Waals surface area contributed by atoms with Gasteiger partial charge in [-0.3, -0.25) is 10.1 Å². The van der Waals surface area contributed by atoms with E-state index in [-0.39, 0.29) is 31.8 Å². The van der Waals surface area contributed by atoms with Gasteiger partial charge in [-0.05, 0) is 25.1 Å². The summed E-state index contributed by atoms with van der Waals surface area (Å²) >= 11 is 11.8. The van der Waals surface area contributed by atoms with Crippen LogP contribution in [-0.2, 0) is 10.0 Å². The largest absolute Gasteiger partial charge is 0.317 e. The standard InChI is InChI=1S/C14H9Cl2N3O4S/c1-8-17-13-11(7-10(15)12(16)14(13)19(20)21)18(8)24(22,23)9-5-3-2-4-6-9/h2-7H,1H3. The number of halogens is 2. The van der Waals surface area contributed by atoms with Gasteiger partial charge in [0.25, 0.3) is 10.0 Å². The van der Waals surface area contributed by atoms with Gasteiger partial charge in [0, 0.05) is 0 Å². The summed E-state index contributed by atoms with van der Waals surface area (Å²) in [5, 5.41) is 10.9. The molecule has 0 radical (unpaired) electrons. The molecule has 0 saturated carbocycles. The van der Waals surface area contributed by atoms with E-state index in [1.165, 1.54) is 25.1 Å². The molecule has 0 aliphatic rings. The van der Waals surface area contributed by atoms with Gasteiger partial charge in [0.2, 0.25) is 0 Å². The maximum absolute atomic E-state index is 12.9. The molecule has 0 N–H and O–H groups in total. The first-order chi connectivity index (χ1) is 11.2. The second-order valence-electron chi connectivity index (χ2n) is 4.89. The summed E-state index contributed by atoms with van der Waals surface area (Å²) in [4.78, 5) is 14.6. The van der Waals surface area contributed by atoms with Gasteiger partial charge in [-0.25, -0.2) is 17.4 Å². The lowest BCUT2D eigenvalue weighted by molar-refractivity contribution is -0.383. The Balaban J connectivity index is 2.44. The zero-order valence-corrected chi connectivity index (χ0v) is 14.4. The number of hydrogen-bond acceptors (Lipinski definition) is 5. The van der Waals surface area contributed by atoms with E-state index in [1.807, 2.05) is 0 Å². The number of nitrogens with zero attached hydrogens (tertiary/aromatic N) is 3. The molecule has 0 saturated heterocycles. The summed E-state index contributed by atoms with van der Waals surface area (Å²) in [5.74, 6) is 0.0651. The van der Waals surface area contributed by atoms with Crippen molar-refractivity contribution in [1.82, 2.24) is 8.96 Å². The van der Waals surface area contributed by atoms with Crippen molar-refractivity contribution in [2.24, 2.45) is 0 Å². The van der Waals surface area contributed by atoms with Crippen molar-refractivity contribution in [1.29, 1.82) is 0 Å². The van der Waals surface area contributed by atoms with Gasteiger partial charge in [0.05, 0.1) is 20.4 Å². The van der Waals surface area contributed by atoms with Crippen molar-refractivity contribution >= 4 is 49.9 Å². The third-order valence-electron chi connectivity index (χ3n) is 3.40. The van der Waals surface area contributed by atoms with E-state index in [1.54, 1.807) is 18.2 Å². The van der Waals surface area contributed by atoms with Gasteiger partial charge >= 0.3 is 5.69 Å². The molecular weight excluding hydrogens is 377 g/mol. The van der Waals surface area contributed by atoms with Crippen LogP contribution in [0.1, 0.15) is 5.82 Å². The smallest absolute Gasteiger partial charge is 0.258 e. The lowest BCUT2D eigenvalue weighted by Crippen LogP contribution is -2.14. The fourth-order valence-corrected chi connectivity index (χ4v) is 4.31. The summed E-state index contributed by atoms with van der Waals surface area (Å²) in [5.41, 5.74) is -0.659. The highest BCUT2D eigenvalue weighted by molar-refractivity contribution is 7.90. The van der Waals surface area contributed by atoms with Crippen LogP contribution in [0.5, 0.6) is 0 Å². The Morgan fingerprint density at radius 2 is 1.83 bits per heavy atom. The second-order valence-corrected chi connectivity index (χ2v) is 7.46. The minimum absolute atomic E-state index is 0.00236. The Kier molecular flexibility index (Phi) is 3.98. The normalized spacial score (nSPS) is 11.8. The number of aryl methyl sites for hydroxylation is 1. The van der Waals surface area contributed by atoms with Crippen molar-refractivity contribution in [3.8, 4) is 0 Å². The quantitative estimate of drug-likeness (QED) is 0.504. The molecule has 0 aliphatic heterocycles. The van der Waals surface area contributed by atoms with Crippen LogP contribution in [0.2, 0.25) is 10.0 Å². The molecule has 124 valence electrons. The molecule has 2 aromatic carbocycles. The van der Waals surface area contributed by atoms with E-state index in [0.717, 1.165) is 3.97 Å². The number of benzene rings is 2. The molecule has 0 bridgehead atoms. The number of aromatic nitrogens is 2. The van der Waals surface area contributed by atoms with Crippen LogP contribution in [0.25, 0.3) is 11.0 Å². The summed E-state index contributed by atoms with van der Waals surface area (Å²) in [6, 6.07) is 8.94. The average molecular weight is 386 g/mol. The molecular formula is C14H9Cl2N3O4S. The number of imidazole rings is 1. The van der Waals surface area contributed by atoms with E-state index >= 15 is 0 Å². The van der Waals surface area contributed by atoms with E-state index < -0.39 is 20.6 Å². The van der Waals surface area contributed by atoms with Crippen LogP contribution in [0.4, 0.5) is 5.69 Å². The predicted octanol–water partition coefficient (Wildman–Crippen LogP) is 3.80. The highest BCUT2D eigenvalue weighted by atomic mass is 35.5. The van der Waals surface area contributed by atoms with E-state index in [2.05, 4.69) is 4.98 Å². The van der Waals surface area contributed by atoms with Gasteiger partial charge in [0.1, 0.15) is 10.8 Å². The highest BCUT2D eigenvalue weighted by Gasteiger charge is 2.29. The van der Waals surface area contributed by atoms with Gasteiger partial charge in [-0.1, -0.05) is 41.4 Å². The number of fused-ring (bicyclic) bond motifs is 1. The van der Waals surface area contributed by atoms with Crippen LogP contribution in [-0.4, -0.2) is 22.3 Å². The van der Waals surface area contributed by atoms with Crippen molar-refractivity contribution in [2.45, 2.75) is 11.8 Å². The van der Waals surface area contributed by atoms with Crippen LogP contribution in [0.15, 0.2) is 41.3 Å². The van der Waals surface area contributed by atoms with Crippen molar-refractivity contribution in [2.75, 3.05) is 0 Å². The van der Waals surface area contributed by atoms with Crippen molar-refractivity contribution in [3.63, 3.8) is 0 Å². The minimum Gasteiger partial charge on any atom is -0.258 e. The van der Waals surface area contributed by atoms with E-state index in [9.17, 15) is 18.5 Å².